The van der Waals surface area contributed by atoms with Gasteiger partial charge in [0, 0.05) is 11.6 Å². The quantitative estimate of drug-likeness (QED) is 0.560. The second-order valence-electron chi connectivity index (χ2n) is 7.42. The van der Waals surface area contributed by atoms with E-state index in [1.54, 1.807) is 24.3 Å². The van der Waals surface area contributed by atoms with E-state index in [2.05, 4.69) is 10.1 Å². The number of nitrogens with one attached hydrogen (secondary N) is 1. The number of ether oxygens (including phenoxy) is 1. The van der Waals surface area contributed by atoms with Gasteiger partial charge in [-0.1, -0.05) is 43.0 Å². The highest BCUT2D eigenvalue weighted by Gasteiger charge is 2.51. The number of carbonyl (C=O) groups excluding carboxylic acids is 4. The third-order valence-electron chi connectivity index (χ3n) is 5.43. The highest BCUT2D eigenvalue weighted by Crippen LogP contribution is 2.33. The van der Waals surface area contributed by atoms with Gasteiger partial charge in [-0.25, -0.2) is 4.79 Å². The van der Waals surface area contributed by atoms with E-state index < -0.39 is 30.0 Å². The molecule has 1 heterocycles. The Morgan fingerprint density at radius 2 is 1.83 bits per heavy atom. The molecule has 0 aromatic heterocycles. The number of benzene rings is 1. The molecule has 8 nitrogen and oxygen atoms in total. The van der Waals surface area contributed by atoms with Crippen molar-refractivity contribution in [2.24, 2.45) is 0 Å². The van der Waals surface area contributed by atoms with Crippen molar-refractivity contribution in [1.82, 2.24) is 15.1 Å². The van der Waals surface area contributed by atoms with E-state index in [0.717, 1.165) is 29.7 Å². The second kappa shape index (κ2) is 8.82. The summed E-state index contributed by atoms with van der Waals surface area (Å²) >= 11 is 5.89. The number of hydrogen-bond acceptors (Lipinski definition) is 5. The lowest BCUT2D eigenvalue weighted by atomic mass is 9.82. The Morgan fingerprint density at radius 3 is 2.45 bits per heavy atom. The topological polar surface area (TPSA) is 96.0 Å². The van der Waals surface area contributed by atoms with Gasteiger partial charge in [0.1, 0.15) is 18.6 Å². The van der Waals surface area contributed by atoms with Crippen molar-refractivity contribution in [2.75, 3.05) is 20.2 Å². The van der Waals surface area contributed by atoms with E-state index in [9.17, 15) is 19.2 Å². The van der Waals surface area contributed by atoms with Gasteiger partial charge in [0.2, 0.25) is 5.91 Å². The first kappa shape index (κ1) is 21.1. The Kier molecular flexibility index (Phi) is 6.42. The van der Waals surface area contributed by atoms with Gasteiger partial charge < -0.3 is 15.0 Å². The van der Waals surface area contributed by atoms with Crippen LogP contribution in [0, 0.1) is 0 Å². The third kappa shape index (κ3) is 4.70. The average molecular weight is 422 g/mol. The minimum Gasteiger partial charge on any atom is -0.468 e. The number of hydrogen-bond donors (Lipinski definition) is 1. The minimum absolute atomic E-state index is 0.125. The van der Waals surface area contributed by atoms with Crippen LogP contribution in [0.25, 0.3) is 0 Å². The van der Waals surface area contributed by atoms with E-state index in [1.165, 1.54) is 12.0 Å². The Hall–Kier alpha value is -2.61. The van der Waals surface area contributed by atoms with Crippen LogP contribution in [0.4, 0.5) is 4.79 Å². The highest BCUT2D eigenvalue weighted by atomic mass is 35.5. The molecule has 29 heavy (non-hydrogen) atoms. The smallest absolute Gasteiger partial charge is 0.325 e. The van der Waals surface area contributed by atoms with Crippen molar-refractivity contribution < 1.29 is 23.9 Å². The monoisotopic (exact) mass is 421 g/mol. The zero-order valence-electron chi connectivity index (χ0n) is 16.3. The van der Waals surface area contributed by atoms with Crippen LogP contribution in [0.2, 0.25) is 5.02 Å². The molecule has 1 aliphatic carbocycles. The summed E-state index contributed by atoms with van der Waals surface area (Å²) in [6.45, 7) is -0.580. The molecule has 1 aliphatic heterocycles. The van der Waals surface area contributed by atoms with Crippen LogP contribution in [0.5, 0.6) is 0 Å². The van der Waals surface area contributed by atoms with Crippen LogP contribution in [-0.2, 0) is 25.7 Å². The normalized spacial score (nSPS) is 17.9. The summed E-state index contributed by atoms with van der Waals surface area (Å²) in [4.78, 5) is 52.2. The molecule has 156 valence electrons. The van der Waals surface area contributed by atoms with Crippen LogP contribution in [0.3, 0.4) is 0 Å². The Morgan fingerprint density at radius 1 is 1.17 bits per heavy atom. The number of rotatable bonds is 6. The molecule has 0 radical (unpaired) electrons. The standard InChI is InChI=1S/C20H24ClN3O5/c1-29-17(26)13-23(11-14-5-7-15(21)8-6-14)16(25)12-24-18(27)20(22-19(24)28)9-3-2-4-10-20/h5-8H,2-4,9-13H2,1H3,(H,22,28). The fraction of sp³-hybridized carbons (Fsp3) is 0.500. The van der Waals surface area contributed by atoms with Crippen LogP contribution in [-0.4, -0.2) is 59.4 Å². The lowest BCUT2D eigenvalue weighted by Gasteiger charge is -2.30. The molecule has 0 bridgehead atoms. The SMILES string of the molecule is COC(=O)CN(Cc1ccc(Cl)cc1)C(=O)CN1C(=O)NC2(CCCCC2)C1=O. The molecule has 0 atom stereocenters. The van der Waals surface area contributed by atoms with Gasteiger partial charge in [-0.15, -0.1) is 0 Å². The zero-order valence-corrected chi connectivity index (χ0v) is 17.0. The van der Waals surface area contributed by atoms with Crippen molar-refractivity contribution in [2.45, 2.75) is 44.2 Å². The Bertz CT molecular complexity index is 805. The first-order valence-corrected chi connectivity index (χ1v) is 9.95. The first-order chi connectivity index (χ1) is 13.8. The summed E-state index contributed by atoms with van der Waals surface area (Å²) in [5.74, 6) is -1.46. The predicted octanol–water partition coefficient (Wildman–Crippen LogP) is 2.10. The van der Waals surface area contributed by atoms with Gasteiger partial charge in [-0.2, -0.15) is 0 Å². The molecular weight excluding hydrogens is 398 g/mol. The molecule has 1 saturated heterocycles. The summed E-state index contributed by atoms with van der Waals surface area (Å²) in [6, 6.07) is 6.29. The van der Waals surface area contributed by atoms with Crippen LogP contribution >= 0.6 is 11.6 Å². The number of imide groups is 1. The molecule has 1 spiro atoms. The first-order valence-electron chi connectivity index (χ1n) is 9.58. The second-order valence-corrected chi connectivity index (χ2v) is 7.85. The van der Waals surface area contributed by atoms with Crippen molar-refractivity contribution >= 4 is 35.4 Å². The summed E-state index contributed by atoms with van der Waals surface area (Å²) in [5, 5.41) is 3.33. The van der Waals surface area contributed by atoms with Crippen molar-refractivity contribution in [3.05, 3.63) is 34.9 Å². The Labute approximate surface area is 174 Å². The largest absolute Gasteiger partial charge is 0.468 e. The minimum atomic E-state index is -0.890. The predicted molar refractivity (Wildman–Crippen MR) is 105 cm³/mol. The molecule has 1 aromatic rings. The fourth-order valence-corrected chi connectivity index (χ4v) is 3.94. The average Bonchev–Trinajstić information content (AvgIpc) is 2.93. The fourth-order valence-electron chi connectivity index (χ4n) is 3.81. The van der Waals surface area contributed by atoms with Gasteiger partial charge in [-0.3, -0.25) is 19.3 Å². The number of carbonyl (C=O) groups is 4. The third-order valence-corrected chi connectivity index (χ3v) is 5.69. The molecule has 2 aliphatic rings. The van der Waals surface area contributed by atoms with Crippen LogP contribution in [0.15, 0.2) is 24.3 Å². The summed E-state index contributed by atoms with van der Waals surface area (Å²) < 4.78 is 4.68. The number of halogens is 1. The van der Waals surface area contributed by atoms with E-state index in [-0.39, 0.29) is 19.0 Å². The van der Waals surface area contributed by atoms with Gasteiger partial charge in [0.15, 0.2) is 0 Å². The molecule has 9 heteroatoms. The number of amides is 4. The Balaban J connectivity index is 1.73. The highest BCUT2D eigenvalue weighted by molar-refractivity contribution is 6.30. The summed E-state index contributed by atoms with van der Waals surface area (Å²) in [7, 11) is 1.23. The maximum absolute atomic E-state index is 12.9. The maximum atomic E-state index is 12.9. The molecule has 2 fully saturated rings. The molecule has 0 unspecified atom stereocenters. The van der Waals surface area contributed by atoms with Gasteiger partial charge in [0.05, 0.1) is 7.11 Å². The van der Waals surface area contributed by atoms with Crippen LogP contribution in [0.1, 0.15) is 37.7 Å². The van der Waals surface area contributed by atoms with Gasteiger partial charge in [-0.05, 0) is 30.5 Å². The molecule has 3 rings (SSSR count). The van der Waals surface area contributed by atoms with E-state index in [4.69, 9.17) is 11.6 Å². The maximum Gasteiger partial charge on any atom is 0.325 e. The molecule has 4 amide bonds. The lowest BCUT2D eigenvalue weighted by Crippen LogP contribution is -2.49. The molecule has 1 N–H and O–H groups in total. The number of esters is 1. The van der Waals surface area contributed by atoms with Gasteiger partial charge in [0.25, 0.3) is 5.91 Å². The summed E-state index contributed by atoms with van der Waals surface area (Å²) in [5.41, 5.74) is -0.133. The summed E-state index contributed by atoms with van der Waals surface area (Å²) in [6.07, 6.45) is 3.91. The number of methoxy groups -OCH3 is 1. The van der Waals surface area contributed by atoms with Crippen molar-refractivity contribution in [1.29, 1.82) is 0 Å². The van der Waals surface area contributed by atoms with E-state index in [0.29, 0.717) is 17.9 Å². The number of nitrogens with zero attached hydrogens (tertiary/aromatic N) is 2. The molecule has 1 saturated carbocycles. The van der Waals surface area contributed by atoms with Gasteiger partial charge >= 0.3 is 12.0 Å². The molecule has 1 aromatic carbocycles. The van der Waals surface area contributed by atoms with Crippen molar-refractivity contribution in [3.63, 3.8) is 0 Å². The number of urea groups is 1. The zero-order chi connectivity index (χ0) is 21.0. The van der Waals surface area contributed by atoms with E-state index in [1.807, 2.05) is 0 Å². The van der Waals surface area contributed by atoms with Crippen LogP contribution < -0.4 is 5.32 Å². The molecular formula is C20H24ClN3O5. The van der Waals surface area contributed by atoms with E-state index >= 15 is 0 Å². The lowest BCUT2D eigenvalue weighted by molar-refractivity contribution is -0.148. The van der Waals surface area contributed by atoms with Crippen molar-refractivity contribution in [3.8, 4) is 0 Å².